The van der Waals surface area contributed by atoms with Crippen molar-refractivity contribution < 1.29 is 4.79 Å². The third-order valence-corrected chi connectivity index (χ3v) is 5.03. The SMILES string of the molecule is Cc1cnc(CNC(=O)c2csc3nc(-c4ccccc4Cl)cn23)cn1. The van der Waals surface area contributed by atoms with Crippen molar-refractivity contribution in [1.82, 2.24) is 24.7 Å². The van der Waals surface area contributed by atoms with E-state index in [1.54, 1.807) is 22.2 Å². The maximum atomic E-state index is 12.5. The zero-order valence-electron chi connectivity index (χ0n) is 13.8. The minimum atomic E-state index is -0.193. The zero-order chi connectivity index (χ0) is 18.1. The van der Waals surface area contributed by atoms with Gasteiger partial charge in [-0.2, -0.15) is 0 Å². The van der Waals surface area contributed by atoms with Crippen molar-refractivity contribution in [3.05, 3.63) is 70.3 Å². The Hall–Kier alpha value is -2.77. The number of nitrogens with one attached hydrogen (secondary N) is 1. The van der Waals surface area contributed by atoms with Gasteiger partial charge >= 0.3 is 0 Å². The molecule has 0 saturated carbocycles. The number of hydrogen-bond donors (Lipinski definition) is 1. The summed E-state index contributed by atoms with van der Waals surface area (Å²) in [6.07, 6.45) is 5.16. The van der Waals surface area contributed by atoms with Crippen LogP contribution in [0.1, 0.15) is 21.9 Å². The summed E-state index contributed by atoms with van der Waals surface area (Å²) in [5.74, 6) is -0.193. The molecule has 1 amide bonds. The highest BCUT2D eigenvalue weighted by atomic mass is 35.5. The van der Waals surface area contributed by atoms with E-state index in [1.807, 2.05) is 37.4 Å². The van der Waals surface area contributed by atoms with Crippen LogP contribution in [0.4, 0.5) is 0 Å². The largest absolute Gasteiger partial charge is 0.345 e. The number of carbonyl (C=O) groups excluding carboxylic acids is 1. The molecule has 0 spiro atoms. The van der Waals surface area contributed by atoms with E-state index in [0.29, 0.717) is 23.0 Å². The quantitative estimate of drug-likeness (QED) is 0.582. The lowest BCUT2D eigenvalue weighted by Gasteiger charge is -2.04. The first kappa shape index (κ1) is 16.7. The van der Waals surface area contributed by atoms with Gasteiger partial charge in [-0.25, -0.2) is 4.98 Å². The number of amides is 1. The van der Waals surface area contributed by atoms with Crippen molar-refractivity contribution in [2.24, 2.45) is 0 Å². The predicted octanol–water partition coefficient (Wildman–Crippen LogP) is 3.74. The highest BCUT2D eigenvalue weighted by Gasteiger charge is 2.16. The average Bonchev–Trinajstić information content (AvgIpc) is 3.22. The van der Waals surface area contributed by atoms with E-state index in [4.69, 9.17) is 11.6 Å². The van der Waals surface area contributed by atoms with E-state index in [-0.39, 0.29) is 5.91 Å². The molecule has 1 N–H and O–H groups in total. The molecule has 0 bridgehead atoms. The summed E-state index contributed by atoms with van der Waals surface area (Å²) in [6.45, 7) is 2.18. The topological polar surface area (TPSA) is 72.2 Å². The number of imidazole rings is 1. The van der Waals surface area contributed by atoms with Gasteiger partial charge in [-0.1, -0.05) is 29.8 Å². The van der Waals surface area contributed by atoms with Crippen molar-refractivity contribution >= 4 is 33.8 Å². The molecular formula is C18H14ClN5OS. The molecule has 3 aromatic heterocycles. The highest BCUT2D eigenvalue weighted by molar-refractivity contribution is 7.15. The number of carbonyl (C=O) groups is 1. The first-order valence-corrected chi connectivity index (χ1v) is 9.15. The predicted molar refractivity (Wildman–Crippen MR) is 101 cm³/mol. The van der Waals surface area contributed by atoms with Gasteiger partial charge in [0, 0.05) is 23.3 Å². The lowest BCUT2D eigenvalue weighted by atomic mass is 10.2. The fraction of sp³-hybridized carbons (Fsp3) is 0.111. The van der Waals surface area contributed by atoms with Crippen LogP contribution in [0.15, 0.2) is 48.2 Å². The van der Waals surface area contributed by atoms with E-state index in [9.17, 15) is 4.79 Å². The molecule has 0 saturated heterocycles. The van der Waals surface area contributed by atoms with Crippen molar-refractivity contribution in [2.45, 2.75) is 13.5 Å². The fourth-order valence-electron chi connectivity index (χ4n) is 2.52. The van der Waals surface area contributed by atoms with Gasteiger partial charge in [-0.05, 0) is 13.0 Å². The van der Waals surface area contributed by atoms with Crippen molar-refractivity contribution in [3.63, 3.8) is 0 Å². The van der Waals surface area contributed by atoms with Crippen molar-refractivity contribution in [1.29, 1.82) is 0 Å². The van der Waals surface area contributed by atoms with Crippen molar-refractivity contribution in [3.8, 4) is 11.3 Å². The third-order valence-electron chi connectivity index (χ3n) is 3.86. The summed E-state index contributed by atoms with van der Waals surface area (Å²) in [5.41, 5.74) is 3.64. The van der Waals surface area contributed by atoms with E-state index >= 15 is 0 Å². The van der Waals surface area contributed by atoms with Crippen LogP contribution in [0.25, 0.3) is 16.2 Å². The molecule has 26 heavy (non-hydrogen) atoms. The second-order valence-corrected chi connectivity index (χ2v) is 6.96. The summed E-state index contributed by atoms with van der Waals surface area (Å²) in [6, 6.07) is 7.51. The molecule has 0 aliphatic rings. The normalized spacial score (nSPS) is 11.0. The Morgan fingerprint density at radius 2 is 2.12 bits per heavy atom. The number of aromatic nitrogens is 4. The number of rotatable bonds is 4. The molecule has 4 rings (SSSR count). The van der Waals surface area contributed by atoms with Gasteiger partial charge in [0.2, 0.25) is 0 Å². The van der Waals surface area contributed by atoms with Gasteiger partial charge in [0.05, 0.1) is 34.8 Å². The second kappa shape index (κ2) is 6.86. The standard InChI is InChI=1S/C18H14ClN5OS/c1-11-6-21-12(7-20-11)8-22-17(25)16-10-26-18-23-15(9-24(16)18)13-4-2-3-5-14(13)19/h2-7,9-10H,8H2,1H3,(H,22,25). The third kappa shape index (κ3) is 3.18. The number of benzene rings is 1. The Morgan fingerprint density at radius 3 is 2.88 bits per heavy atom. The van der Waals surface area contributed by atoms with Gasteiger partial charge < -0.3 is 5.32 Å². The molecule has 0 aliphatic carbocycles. The number of nitrogens with zero attached hydrogens (tertiary/aromatic N) is 4. The maximum Gasteiger partial charge on any atom is 0.269 e. The molecular weight excluding hydrogens is 370 g/mol. The van der Waals surface area contributed by atoms with Crippen LogP contribution in [0, 0.1) is 6.92 Å². The van der Waals surface area contributed by atoms with E-state index in [1.165, 1.54) is 11.3 Å². The number of hydrogen-bond acceptors (Lipinski definition) is 5. The fourth-order valence-corrected chi connectivity index (χ4v) is 3.60. The van der Waals surface area contributed by atoms with E-state index in [0.717, 1.165) is 21.9 Å². The summed E-state index contributed by atoms with van der Waals surface area (Å²) in [4.78, 5) is 26.3. The van der Waals surface area contributed by atoms with Gasteiger partial charge in [0.1, 0.15) is 5.69 Å². The minimum Gasteiger partial charge on any atom is -0.345 e. The van der Waals surface area contributed by atoms with Crippen LogP contribution >= 0.6 is 22.9 Å². The summed E-state index contributed by atoms with van der Waals surface area (Å²) in [7, 11) is 0. The van der Waals surface area contributed by atoms with Crippen LogP contribution in [0.2, 0.25) is 5.02 Å². The van der Waals surface area contributed by atoms with Crippen LogP contribution in [0.5, 0.6) is 0 Å². The molecule has 3 heterocycles. The molecule has 4 aromatic rings. The molecule has 1 aromatic carbocycles. The second-order valence-electron chi connectivity index (χ2n) is 5.71. The lowest BCUT2D eigenvalue weighted by Crippen LogP contribution is -2.24. The molecule has 8 heteroatoms. The van der Waals surface area contributed by atoms with Gasteiger partial charge in [-0.3, -0.25) is 19.2 Å². The Morgan fingerprint density at radius 1 is 1.27 bits per heavy atom. The number of thiazole rings is 1. The first-order valence-electron chi connectivity index (χ1n) is 7.89. The van der Waals surface area contributed by atoms with E-state index in [2.05, 4.69) is 20.3 Å². The number of halogens is 1. The van der Waals surface area contributed by atoms with Gasteiger partial charge in [-0.15, -0.1) is 11.3 Å². The molecule has 0 fully saturated rings. The molecule has 6 nitrogen and oxygen atoms in total. The van der Waals surface area contributed by atoms with Gasteiger partial charge in [0.15, 0.2) is 4.96 Å². The van der Waals surface area contributed by atoms with Crippen molar-refractivity contribution in [2.75, 3.05) is 0 Å². The zero-order valence-corrected chi connectivity index (χ0v) is 15.4. The Kier molecular flexibility index (Phi) is 4.40. The first-order chi connectivity index (χ1) is 12.6. The summed E-state index contributed by atoms with van der Waals surface area (Å²) in [5, 5.41) is 5.28. The summed E-state index contributed by atoms with van der Waals surface area (Å²) < 4.78 is 1.78. The Bertz CT molecular complexity index is 1090. The summed E-state index contributed by atoms with van der Waals surface area (Å²) >= 11 is 7.65. The molecule has 130 valence electrons. The number of aryl methyl sites for hydroxylation is 1. The molecule has 0 radical (unpaired) electrons. The molecule has 0 atom stereocenters. The minimum absolute atomic E-state index is 0.193. The Labute approximate surface area is 158 Å². The van der Waals surface area contributed by atoms with E-state index < -0.39 is 0 Å². The van der Waals surface area contributed by atoms with Crippen LogP contribution in [0.3, 0.4) is 0 Å². The van der Waals surface area contributed by atoms with Crippen LogP contribution in [-0.2, 0) is 6.54 Å². The molecule has 0 unspecified atom stereocenters. The average molecular weight is 384 g/mol. The maximum absolute atomic E-state index is 12.5. The van der Waals surface area contributed by atoms with Crippen LogP contribution < -0.4 is 5.32 Å². The van der Waals surface area contributed by atoms with Crippen LogP contribution in [-0.4, -0.2) is 25.3 Å². The smallest absolute Gasteiger partial charge is 0.269 e. The Balaban J connectivity index is 1.57. The number of fused-ring (bicyclic) bond motifs is 1. The van der Waals surface area contributed by atoms with Gasteiger partial charge in [0.25, 0.3) is 5.91 Å². The monoisotopic (exact) mass is 383 g/mol. The molecule has 0 aliphatic heterocycles. The highest BCUT2D eigenvalue weighted by Crippen LogP contribution is 2.29. The lowest BCUT2D eigenvalue weighted by molar-refractivity contribution is 0.0945.